The van der Waals surface area contributed by atoms with Crippen molar-refractivity contribution in [3.05, 3.63) is 53.6 Å². The van der Waals surface area contributed by atoms with E-state index in [1.807, 2.05) is 30.8 Å². The van der Waals surface area contributed by atoms with Crippen LogP contribution in [0, 0.1) is 6.92 Å². The number of aliphatic hydroxyl groups excluding tert-OH is 1. The zero-order valence-electron chi connectivity index (χ0n) is 11.0. The Morgan fingerprint density at radius 3 is 2.75 bits per heavy atom. The van der Waals surface area contributed by atoms with E-state index in [0.717, 1.165) is 37.1 Å². The Labute approximate surface area is 144 Å². The van der Waals surface area contributed by atoms with Gasteiger partial charge in [-0.25, -0.2) is 0 Å². The minimum atomic E-state index is -0.554. The summed E-state index contributed by atoms with van der Waals surface area (Å²) in [4.78, 5) is 2.49. The number of hydrogen-bond donors (Lipinski definition) is 1. The van der Waals surface area contributed by atoms with Crippen molar-refractivity contribution in [3.63, 3.8) is 0 Å². The number of hydrogen-bond acceptors (Lipinski definition) is 3. The van der Waals surface area contributed by atoms with Crippen molar-refractivity contribution in [1.82, 2.24) is 0 Å². The first-order chi connectivity index (χ1) is 9.56. The first-order valence-corrected chi connectivity index (χ1v) is 9.95. The number of aliphatic hydroxyl groups is 1. The lowest BCUT2D eigenvalue weighted by atomic mass is 10.1. The normalized spacial score (nSPS) is 16.0. The number of aryl methyl sites for hydroxylation is 2. The summed E-state index contributed by atoms with van der Waals surface area (Å²) in [6.45, 7) is 2.05. The predicted octanol–water partition coefficient (Wildman–Crippen LogP) is 5.45. The van der Waals surface area contributed by atoms with Crippen LogP contribution in [0.1, 0.15) is 32.5 Å². The number of benzene rings is 1. The fourth-order valence-corrected chi connectivity index (χ4v) is 5.75. The lowest BCUT2D eigenvalue weighted by molar-refractivity contribution is 0.223. The van der Waals surface area contributed by atoms with E-state index in [0.29, 0.717) is 0 Å². The molecule has 0 aliphatic carbocycles. The third-order valence-electron chi connectivity index (χ3n) is 3.49. The van der Waals surface area contributed by atoms with Crippen LogP contribution in [0.5, 0.6) is 0 Å². The van der Waals surface area contributed by atoms with Crippen LogP contribution in [0.2, 0.25) is 0 Å². The van der Waals surface area contributed by atoms with Gasteiger partial charge >= 0.3 is 0 Å². The summed E-state index contributed by atoms with van der Waals surface area (Å²) in [5.41, 5.74) is 3.49. The predicted molar refractivity (Wildman–Crippen MR) is 94.8 cm³/mol. The van der Waals surface area contributed by atoms with Crippen LogP contribution in [-0.2, 0) is 12.2 Å². The molecule has 2 aromatic rings. The molecule has 106 valence electrons. The Kier molecular flexibility index (Phi) is 4.63. The second-order valence-corrected chi connectivity index (χ2v) is 8.91. The third kappa shape index (κ3) is 2.88. The van der Waals surface area contributed by atoms with Crippen LogP contribution >= 0.6 is 55.0 Å². The van der Waals surface area contributed by atoms with Crippen LogP contribution in [-0.4, -0.2) is 10.9 Å². The van der Waals surface area contributed by atoms with Crippen molar-refractivity contribution in [3.8, 4) is 0 Å². The number of halogens is 2. The maximum atomic E-state index is 10.7. The molecule has 20 heavy (non-hydrogen) atoms. The highest BCUT2D eigenvalue weighted by Gasteiger charge is 2.21. The molecule has 1 aromatic heterocycles. The van der Waals surface area contributed by atoms with Crippen LogP contribution in [0.15, 0.2) is 27.1 Å². The zero-order chi connectivity index (χ0) is 14.3. The maximum Gasteiger partial charge on any atom is 0.114 e. The first-order valence-electron chi connectivity index (χ1n) is 6.39. The number of thioether (sulfide) groups is 1. The molecular formula is C15H14Br2OS2. The monoisotopic (exact) mass is 432 g/mol. The molecule has 0 radical (unpaired) electrons. The summed E-state index contributed by atoms with van der Waals surface area (Å²) in [5.74, 6) is 2.28. The lowest BCUT2D eigenvalue weighted by Gasteiger charge is -2.13. The summed E-state index contributed by atoms with van der Waals surface area (Å²) in [5, 5.41) is 10.7. The van der Waals surface area contributed by atoms with Gasteiger partial charge in [0.15, 0.2) is 0 Å². The van der Waals surface area contributed by atoms with Gasteiger partial charge in [-0.3, -0.25) is 0 Å². The van der Waals surface area contributed by atoms with Gasteiger partial charge in [-0.15, -0.1) is 11.3 Å². The van der Waals surface area contributed by atoms with E-state index in [1.165, 1.54) is 16.2 Å². The molecule has 0 amide bonds. The van der Waals surface area contributed by atoms with Gasteiger partial charge in [-0.1, -0.05) is 31.9 Å². The molecule has 1 aliphatic heterocycles. The van der Waals surface area contributed by atoms with Gasteiger partial charge in [0, 0.05) is 30.0 Å². The number of fused-ring (bicyclic) bond motifs is 1. The minimum absolute atomic E-state index is 0.554. The molecule has 0 bridgehead atoms. The van der Waals surface area contributed by atoms with Gasteiger partial charge in [-0.05, 0) is 48.4 Å². The van der Waals surface area contributed by atoms with Crippen molar-refractivity contribution in [2.75, 3.05) is 5.75 Å². The van der Waals surface area contributed by atoms with Gasteiger partial charge in [0.25, 0.3) is 0 Å². The summed E-state index contributed by atoms with van der Waals surface area (Å²) >= 11 is 10.8. The first kappa shape index (κ1) is 15.1. The quantitative estimate of drug-likeness (QED) is 0.679. The summed E-state index contributed by atoms with van der Waals surface area (Å²) in [6, 6.07) is 6.24. The van der Waals surface area contributed by atoms with E-state index < -0.39 is 6.10 Å². The van der Waals surface area contributed by atoms with Crippen molar-refractivity contribution in [2.45, 2.75) is 25.2 Å². The summed E-state index contributed by atoms with van der Waals surface area (Å²) < 4.78 is 2.00. The molecule has 1 unspecified atom stereocenters. The molecule has 2 heterocycles. The van der Waals surface area contributed by atoms with E-state index in [9.17, 15) is 5.11 Å². The van der Waals surface area contributed by atoms with Gasteiger partial charge in [0.05, 0.1) is 0 Å². The molecule has 1 aliphatic rings. The topological polar surface area (TPSA) is 20.2 Å². The van der Waals surface area contributed by atoms with Crippen LogP contribution < -0.4 is 0 Å². The number of rotatable bonds is 2. The molecule has 1 nitrogen and oxygen atoms in total. The van der Waals surface area contributed by atoms with Gasteiger partial charge in [-0.2, -0.15) is 11.8 Å². The van der Waals surface area contributed by atoms with E-state index >= 15 is 0 Å². The highest BCUT2D eigenvalue weighted by atomic mass is 79.9. The molecule has 3 rings (SSSR count). The van der Waals surface area contributed by atoms with Gasteiger partial charge in [0.2, 0.25) is 0 Å². The molecule has 1 aromatic carbocycles. The van der Waals surface area contributed by atoms with Crippen molar-refractivity contribution >= 4 is 55.0 Å². The van der Waals surface area contributed by atoms with E-state index in [1.54, 1.807) is 11.3 Å². The summed E-state index contributed by atoms with van der Waals surface area (Å²) in [7, 11) is 0. The highest BCUT2D eigenvalue weighted by molar-refractivity contribution is 9.11. The lowest BCUT2D eigenvalue weighted by Crippen LogP contribution is -1.99. The Balaban J connectivity index is 1.98. The largest absolute Gasteiger partial charge is 0.383 e. The molecule has 1 N–H and O–H groups in total. The average Bonchev–Trinajstić information content (AvgIpc) is 2.86. The fourth-order valence-electron chi connectivity index (χ4n) is 2.33. The van der Waals surface area contributed by atoms with Crippen LogP contribution in [0.25, 0.3) is 0 Å². The smallest absolute Gasteiger partial charge is 0.114 e. The molecular weight excluding hydrogens is 420 g/mol. The number of thiophene rings is 1. The molecule has 0 saturated heterocycles. The van der Waals surface area contributed by atoms with Gasteiger partial charge < -0.3 is 5.11 Å². The Morgan fingerprint density at radius 2 is 2.00 bits per heavy atom. The molecule has 0 fully saturated rings. The molecule has 0 saturated carbocycles. The Morgan fingerprint density at radius 1 is 1.20 bits per heavy atom. The van der Waals surface area contributed by atoms with Crippen molar-refractivity contribution < 1.29 is 5.11 Å². The SMILES string of the molecule is Cc1cc(Br)c(C(O)c2cc3c(s2)CCSC3)cc1Br. The minimum Gasteiger partial charge on any atom is -0.383 e. The maximum absolute atomic E-state index is 10.7. The van der Waals surface area contributed by atoms with E-state index in [2.05, 4.69) is 37.9 Å². The second-order valence-electron chi connectivity index (χ2n) is 4.93. The fraction of sp³-hybridized carbons (Fsp3) is 0.333. The molecule has 0 spiro atoms. The van der Waals surface area contributed by atoms with Crippen LogP contribution in [0.4, 0.5) is 0 Å². The van der Waals surface area contributed by atoms with Crippen LogP contribution in [0.3, 0.4) is 0 Å². The second kappa shape index (κ2) is 6.13. The Hall–Kier alpha value is 0.190. The van der Waals surface area contributed by atoms with E-state index in [-0.39, 0.29) is 0 Å². The average molecular weight is 434 g/mol. The van der Waals surface area contributed by atoms with Gasteiger partial charge in [0.1, 0.15) is 6.10 Å². The highest BCUT2D eigenvalue weighted by Crippen LogP contribution is 2.39. The third-order valence-corrected chi connectivity index (χ3v) is 7.33. The standard InChI is InChI=1S/C15H14Br2OS2/c1-8-4-12(17)10(6-11(8)16)15(18)14-5-9-7-19-3-2-13(9)20-14/h4-6,15,18H,2-3,7H2,1H3. The zero-order valence-corrected chi connectivity index (χ0v) is 15.8. The van der Waals surface area contributed by atoms with Crippen molar-refractivity contribution in [2.24, 2.45) is 0 Å². The van der Waals surface area contributed by atoms with Crippen molar-refractivity contribution in [1.29, 1.82) is 0 Å². The van der Waals surface area contributed by atoms with E-state index in [4.69, 9.17) is 0 Å². The Bertz CT molecular complexity index is 628. The molecule has 1 atom stereocenters. The summed E-state index contributed by atoms with van der Waals surface area (Å²) in [6.07, 6.45) is 0.581. The molecule has 5 heteroatoms.